The number of carbonyl (C=O) groups is 1. The van der Waals surface area contributed by atoms with Gasteiger partial charge in [0.2, 0.25) is 0 Å². The molecule has 0 unspecified atom stereocenters. The summed E-state index contributed by atoms with van der Waals surface area (Å²) in [5.41, 5.74) is 1.58. The summed E-state index contributed by atoms with van der Waals surface area (Å²) in [6.07, 6.45) is 10.7. The van der Waals surface area contributed by atoms with E-state index >= 15 is 0 Å². The van der Waals surface area contributed by atoms with Crippen molar-refractivity contribution < 1.29 is 9.53 Å². The second-order valence-corrected chi connectivity index (χ2v) is 8.24. The number of likely N-dealkylation sites (tertiary alicyclic amines) is 2. The topological polar surface area (TPSA) is 63.5 Å². The highest BCUT2D eigenvalue weighted by atomic mass is 16.5. The third kappa shape index (κ3) is 5.08. The molecule has 0 N–H and O–H groups in total. The van der Waals surface area contributed by atoms with Crippen LogP contribution in [0.3, 0.4) is 0 Å². The minimum atomic E-state index is 0.0190. The van der Waals surface area contributed by atoms with Crippen LogP contribution in [0.5, 0.6) is 5.75 Å². The normalized spacial score (nSPS) is 20.2. The maximum absolute atomic E-state index is 12.5. The van der Waals surface area contributed by atoms with Crippen LogP contribution in [0.4, 0.5) is 0 Å². The second-order valence-electron chi connectivity index (χ2n) is 8.24. The van der Waals surface area contributed by atoms with Gasteiger partial charge in [-0.1, -0.05) is 35.6 Å². The summed E-state index contributed by atoms with van der Waals surface area (Å²) in [6.45, 7) is 5.56. The summed E-state index contributed by atoms with van der Waals surface area (Å²) in [7, 11) is 1.70. The minimum absolute atomic E-state index is 0.0190. The van der Waals surface area contributed by atoms with E-state index in [1.54, 1.807) is 7.11 Å². The molecule has 2 aliphatic rings. The number of methoxy groups -OCH3 is 1. The zero-order valence-electron chi connectivity index (χ0n) is 17.7. The molecule has 2 fully saturated rings. The van der Waals surface area contributed by atoms with E-state index in [0.29, 0.717) is 11.6 Å². The van der Waals surface area contributed by atoms with Crippen LogP contribution in [0, 0.1) is 5.92 Å². The van der Waals surface area contributed by atoms with Crippen molar-refractivity contribution in [1.29, 1.82) is 0 Å². The Balaban J connectivity index is 1.29. The fourth-order valence-electron chi connectivity index (χ4n) is 4.43. The summed E-state index contributed by atoms with van der Waals surface area (Å²) in [5.74, 6) is 1.44. The van der Waals surface area contributed by atoms with Crippen molar-refractivity contribution in [2.24, 2.45) is 5.92 Å². The van der Waals surface area contributed by atoms with E-state index in [9.17, 15) is 4.79 Å². The third-order valence-corrected chi connectivity index (χ3v) is 6.00. The number of para-hydroxylation sites is 1. The van der Waals surface area contributed by atoms with E-state index in [2.05, 4.69) is 33.4 Å². The molecule has 3 heterocycles. The van der Waals surface area contributed by atoms with Crippen LogP contribution in [-0.2, 0) is 6.54 Å². The zero-order valence-corrected chi connectivity index (χ0v) is 17.7. The summed E-state index contributed by atoms with van der Waals surface area (Å²) < 4.78 is 7.26. The van der Waals surface area contributed by atoms with Crippen LogP contribution in [0.2, 0.25) is 0 Å². The van der Waals surface area contributed by atoms with Crippen molar-refractivity contribution >= 4 is 12.0 Å². The fourth-order valence-corrected chi connectivity index (χ4v) is 4.43. The molecule has 2 saturated heterocycles. The lowest BCUT2D eigenvalue weighted by Gasteiger charge is -2.31. The fraction of sp³-hybridized carbons (Fsp3) is 0.522. The number of ether oxygens (including phenoxy) is 1. The monoisotopic (exact) mass is 409 g/mol. The van der Waals surface area contributed by atoms with Crippen LogP contribution in [0.25, 0.3) is 6.08 Å². The Morgan fingerprint density at radius 1 is 1.20 bits per heavy atom. The van der Waals surface area contributed by atoms with Gasteiger partial charge in [0.25, 0.3) is 5.91 Å². The van der Waals surface area contributed by atoms with Gasteiger partial charge in [0, 0.05) is 38.3 Å². The van der Waals surface area contributed by atoms with Gasteiger partial charge in [0.05, 0.1) is 13.3 Å². The molecule has 0 aliphatic carbocycles. The SMILES string of the molecule is COc1ccccc1/C=C/CN1CCC[C@H](Cn2cc(C(=O)N3CCCC3)nn2)C1. The number of benzene rings is 1. The Hall–Kier alpha value is -2.67. The predicted molar refractivity (Wildman–Crippen MR) is 116 cm³/mol. The van der Waals surface area contributed by atoms with Crippen molar-refractivity contribution in [2.45, 2.75) is 32.2 Å². The third-order valence-electron chi connectivity index (χ3n) is 6.00. The van der Waals surface area contributed by atoms with Gasteiger partial charge < -0.3 is 9.64 Å². The molecule has 0 saturated carbocycles. The molecular weight excluding hydrogens is 378 g/mol. The lowest BCUT2D eigenvalue weighted by atomic mass is 9.98. The first-order valence-corrected chi connectivity index (χ1v) is 10.9. The molecule has 1 amide bonds. The minimum Gasteiger partial charge on any atom is -0.496 e. The number of carbonyl (C=O) groups excluding carboxylic acids is 1. The first kappa shape index (κ1) is 20.6. The van der Waals surface area contributed by atoms with Crippen molar-refractivity contribution in [3.05, 3.63) is 47.8 Å². The highest BCUT2D eigenvalue weighted by molar-refractivity contribution is 5.92. The molecule has 4 rings (SSSR count). The van der Waals surface area contributed by atoms with Gasteiger partial charge in [-0.25, -0.2) is 0 Å². The zero-order chi connectivity index (χ0) is 20.8. The molecule has 0 radical (unpaired) electrons. The van der Waals surface area contributed by atoms with Gasteiger partial charge in [-0.15, -0.1) is 5.10 Å². The molecule has 0 spiro atoms. The van der Waals surface area contributed by atoms with Crippen LogP contribution in [-0.4, -0.2) is 70.5 Å². The van der Waals surface area contributed by atoms with E-state index in [1.807, 2.05) is 34.0 Å². The highest BCUT2D eigenvalue weighted by Gasteiger charge is 2.24. The maximum atomic E-state index is 12.5. The van der Waals surface area contributed by atoms with Gasteiger partial charge in [0.15, 0.2) is 5.69 Å². The Bertz CT molecular complexity index is 872. The Labute approximate surface area is 178 Å². The van der Waals surface area contributed by atoms with Gasteiger partial charge in [-0.2, -0.15) is 0 Å². The molecule has 2 aliphatic heterocycles. The largest absolute Gasteiger partial charge is 0.496 e. The van der Waals surface area contributed by atoms with Crippen LogP contribution in [0.15, 0.2) is 36.5 Å². The Morgan fingerprint density at radius 3 is 2.87 bits per heavy atom. The molecule has 1 aromatic carbocycles. The number of nitrogens with zero attached hydrogens (tertiary/aromatic N) is 5. The van der Waals surface area contributed by atoms with Crippen LogP contribution >= 0.6 is 0 Å². The second kappa shape index (κ2) is 9.89. The smallest absolute Gasteiger partial charge is 0.276 e. The standard InChI is InChI=1S/C23H31N5O2/c1-30-22-11-3-2-9-20(22)10-7-13-26-12-6-8-19(16-26)17-28-18-21(24-25-28)23(29)27-14-4-5-15-27/h2-3,7,9-11,18-19H,4-6,8,12-17H2,1H3/b10-7+/t19-/m0/s1. The average molecular weight is 410 g/mol. The molecule has 0 bridgehead atoms. The van der Waals surface area contributed by atoms with E-state index in [4.69, 9.17) is 4.74 Å². The molecule has 160 valence electrons. The lowest BCUT2D eigenvalue weighted by Crippen LogP contribution is -2.37. The number of rotatable bonds is 7. The first-order chi connectivity index (χ1) is 14.7. The quantitative estimate of drug-likeness (QED) is 0.704. The van der Waals surface area contributed by atoms with Gasteiger partial charge in [-0.05, 0) is 44.2 Å². The first-order valence-electron chi connectivity index (χ1n) is 10.9. The molecule has 2 aromatic rings. The van der Waals surface area contributed by atoms with Crippen molar-refractivity contribution in [2.75, 3.05) is 39.8 Å². The maximum Gasteiger partial charge on any atom is 0.276 e. The number of hydrogen-bond acceptors (Lipinski definition) is 5. The number of piperidine rings is 1. The van der Waals surface area contributed by atoms with Gasteiger partial charge >= 0.3 is 0 Å². The number of amides is 1. The predicted octanol–water partition coefficient (Wildman–Crippen LogP) is 2.95. The average Bonchev–Trinajstić information content (AvgIpc) is 3.46. The highest BCUT2D eigenvalue weighted by Crippen LogP contribution is 2.21. The summed E-state index contributed by atoms with van der Waals surface area (Å²) in [6, 6.07) is 8.07. The Kier molecular flexibility index (Phi) is 6.79. The van der Waals surface area contributed by atoms with Crippen molar-refractivity contribution in [3.8, 4) is 5.75 Å². The van der Waals surface area contributed by atoms with E-state index in [-0.39, 0.29) is 5.91 Å². The summed E-state index contributed by atoms with van der Waals surface area (Å²) >= 11 is 0. The summed E-state index contributed by atoms with van der Waals surface area (Å²) in [5, 5.41) is 8.35. The lowest BCUT2D eigenvalue weighted by molar-refractivity contribution is 0.0787. The summed E-state index contributed by atoms with van der Waals surface area (Å²) in [4.78, 5) is 16.8. The molecule has 7 heteroatoms. The van der Waals surface area contributed by atoms with Crippen molar-refractivity contribution in [3.63, 3.8) is 0 Å². The van der Waals surface area contributed by atoms with Gasteiger partial charge in [0.1, 0.15) is 5.75 Å². The molecule has 1 aromatic heterocycles. The number of hydrogen-bond donors (Lipinski definition) is 0. The molecule has 1 atom stereocenters. The van der Waals surface area contributed by atoms with E-state index < -0.39 is 0 Å². The Morgan fingerprint density at radius 2 is 2.03 bits per heavy atom. The van der Waals surface area contributed by atoms with Gasteiger partial charge in [-0.3, -0.25) is 14.4 Å². The number of aromatic nitrogens is 3. The van der Waals surface area contributed by atoms with Crippen LogP contribution in [0.1, 0.15) is 41.7 Å². The molecule has 7 nitrogen and oxygen atoms in total. The van der Waals surface area contributed by atoms with E-state index in [1.165, 1.54) is 12.8 Å². The molecular formula is C23H31N5O2. The van der Waals surface area contributed by atoms with Crippen molar-refractivity contribution in [1.82, 2.24) is 24.8 Å². The molecule has 30 heavy (non-hydrogen) atoms. The van der Waals surface area contributed by atoms with Crippen LogP contribution < -0.4 is 4.74 Å². The van der Waals surface area contributed by atoms with E-state index in [0.717, 1.165) is 63.4 Å².